The molecule has 0 aliphatic heterocycles. The van der Waals surface area contributed by atoms with Crippen molar-refractivity contribution in [1.82, 2.24) is 0 Å². The normalized spacial score (nSPS) is 15.0. The number of anilines is 1. The van der Waals surface area contributed by atoms with Crippen molar-refractivity contribution in [2.45, 2.75) is 57.2 Å². The Kier molecular flexibility index (Phi) is 7.21. The van der Waals surface area contributed by atoms with E-state index >= 15 is 0 Å². The van der Waals surface area contributed by atoms with E-state index in [9.17, 15) is 25.9 Å². The van der Waals surface area contributed by atoms with E-state index in [1.807, 2.05) is 0 Å². The molecule has 1 rings (SSSR count). The summed E-state index contributed by atoms with van der Waals surface area (Å²) in [6.07, 6.45) is 0.888. The molecule has 7 nitrogen and oxygen atoms in total. The maximum absolute atomic E-state index is 11.9. The van der Waals surface area contributed by atoms with Gasteiger partial charge in [-0.3, -0.25) is 9.11 Å². The minimum absolute atomic E-state index is 0.0303. The van der Waals surface area contributed by atoms with Crippen LogP contribution in [0.25, 0.3) is 0 Å². The van der Waals surface area contributed by atoms with Gasteiger partial charge in [-0.15, -0.1) is 0 Å². The lowest BCUT2D eigenvalue weighted by Gasteiger charge is -2.36. The summed E-state index contributed by atoms with van der Waals surface area (Å²) < 4.78 is 66.9. The molecule has 0 aromatic heterocycles. The van der Waals surface area contributed by atoms with Crippen molar-refractivity contribution in [3.63, 3.8) is 0 Å². The van der Waals surface area contributed by atoms with E-state index in [1.54, 1.807) is 45.0 Å². The highest BCUT2D eigenvalue weighted by Gasteiger charge is 2.39. The lowest BCUT2D eigenvalue weighted by molar-refractivity contribution is 0.432. The zero-order valence-electron chi connectivity index (χ0n) is 14.1. The highest BCUT2D eigenvalue weighted by molar-refractivity contribution is 7.87. The minimum atomic E-state index is -4.56. The zero-order chi connectivity index (χ0) is 18.5. The summed E-state index contributed by atoms with van der Waals surface area (Å²) >= 11 is 0. The Balaban J connectivity index is 3.61. The molecule has 1 aromatic carbocycles. The Morgan fingerprint density at radius 2 is 1.42 bits per heavy atom. The lowest BCUT2D eigenvalue weighted by Crippen LogP contribution is -2.50. The quantitative estimate of drug-likeness (QED) is 0.634. The molecule has 0 amide bonds. The van der Waals surface area contributed by atoms with Crippen molar-refractivity contribution in [2.75, 3.05) is 4.90 Å². The number of hydrogen-bond donors (Lipinski definition) is 2. The predicted octanol–water partition coefficient (Wildman–Crippen LogP) is 2.83. The predicted molar refractivity (Wildman–Crippen MR) is 94.1 cm³/mol. The number of nitrogens with zero attached hydrogens (tertiary/aromatic N) is 1. The SMILES string of the molecule is CCCC(N(c1cccc(C)c1)C(CCC)S(=O)(=O)O)S(=O)(=O)O. The molecule has 9 heteroatoms. The van der Waals surface area contributed by atoms with Crippen LogP contribution in [0.3, 0.4) is 0 Å². The molecular weight excluding hydrogens is 354 g/mol. The standard InChI is InChI=1S/C15H25NO6S2/c1-4-7-14(23(17,18)19)16(13-10-6-9-12(3)11-13)15(8-5-2)24(20,21)22/h6,9-11,14-15H,4-5,7-8H2,1-3H3,(H,17,18,19)(H,20,21,22). The highest BCUT2D eigenvalue weighted by atomic mass is 32.2. The molecule has 0 radical (unpaired) electrons. The van der Waals surface area contributed by atoms with Crippen molar-refractivity contribution in [2.24, 2.45) is 0 Å². The molecule has 0 fully saturated rings. The molecule has 1 aromatic rings. The fourth-order valence-corrected chi connectivity index (χ4v) is 4.92. The first-order chi connectivity index (χ1) is 11.0. The molecule has 0 heterocycles. The van der Waals surface area contributed by atoms with Crippen LogP contribution in [0.4, 0.5) is 5.69 Å². The van der Waals surface area contributed by atoms with Gasteiger partial charge in [-0.05, 0) is 37.5 Å². The van der Waals surface area contributed by atoms with Gasteiger partial charge in [-0.2, -0.15) is 16.8 Å². The number of hydrogen-bond acceptors (Lipinski definition) is 5. The number of benzene rings is 1. The highest BCUT2D eigenvalue weighted by Crippen LogP contribution is 2.29. The summed E-state index contributed by atoms with van der Waals surface area (Å²) in [7, 11) is -9.12. The van der Waals surface area contributed by atoms with E-state index in [4.69, 9.17) is 0 Å². The first kappa shape index (κ1) is 20.9. The van der Waals surface area contributed by atoms with Crippen LogP contribution < -0.4 is 4.90 Å². The van der Waals surface area contributed by atoms with Gasteiger partial charge in [0.1, 0.15) is 0 Å². The van der Waals surface area contributed by atoms with Crippen molar-refractivity contribution in [3.05, 3.63) is 29.8 Å². The van der Waals surface area contributed by atoms with Gasteiger partial charge in [0.05, 0.1) is 0 Å². The fourth-order valence-electron chi connectivity index (χ4n) is 2.66. The zero-order valence-corrected chi connectivity index (χ0v) is 15.7. The van der Waals surface area contributed by atoms with Crippen molar-refractivity contribution < 1.29 is 25.9 Å². The molecule has 24 heavy (non-hydrogen) atoms. The van der Waals surface area contributed by atoms with E-state index in [-0.39, 0.29) is 12.8 Å². The molecule has 0 spiro atoms. The average Bonchev–Trinajstić information content (AvgIpc) is 2.43. The summed E-state index contributed by atoms with van der Waals surface area (Å²) in [6.45, 7) is 5.25. The Bertz CT molecular complexity index is 703. The van der Waals surface area contributed by atoms with Gasteiger partial charge in [0.15, 0.2) is 10.7 Å². The summed E-state index contributed by atoms with van der Waals surface area (Å²) in [5.74, 6) is 0. The minimum Gasteiger partial charge on any atom is -0.334 e. The third kappa shape index (κ3) is 5.44. The molecule has 2 atom stereocenters. The monoisotopic (exact) mass is 379 g/mol. The maximum atomic E-state index is 11.9. The smallest absolute Gasteiger partial charge is 0.286 e. The largest absolute Gasteiger partial charge is 0.334 e. The molecule has 0 bridgehead atoms. The van der Waals surface area contributed by atoms with Gasteiger partial charge in [-0.1, -0.05) is 38.8 Å². The first-order valence-electron chi connectivity index (χ1n) is 7.80. The van der Waals surface area contributed by atoms with Crippen molar-refractivity contribution in [1.29, 1.82) is 0 Å². The van der Waals surface area contributed by atoms with Gasteiger partial charge < -0.3 is 4.90 Å². The van der Waals surface area contributed by atoms with Crippen LogP contribution in [-0.2, 0) is 20.2 Å². The van der Waals surface area contributed by atoms with Crippen LogP contribution >= 0.6 is 0 Å². The van der Waals surface area contributed by atoms with E-state index in [1.165, 1.54) is 0 Å². The summed E-state index contributed by atoms with van der Waals surface area (Å²) in [5.41, 5.74) is 1.12. The molecule has 0 aliphatic carbocycles. The summed E-state index contributed by atoms with van der Waals surface area (Å²) in [4.78, 5) is 1.10. The summed E-state index contributed by atoms with van der Waals surface area (Å²) in [6, 6.07) is 6.64. The lowest BCUT2D eigenvalue weighted by atomic mass is 10.1. The summed E-state index contributed by atoms with van der Waals surface area (Å²) in [5, 5.41) is -2.91. The second kappa shape index (κ2) is 8.28. The van der Waals surface area contributed by atoms with E-state index in [0.717, 1.165) is 10.5 Å². The van der Waals surface area contributed by atoms with Crippen LogP contribution in [0.15, 0.2) is 24.3 Å². The van der Waals surface area contributed by atoms with Crippen LogP contribution in [0, 0.1) is 6.92 Å². The van der Waals surface area contributed by atoms with Crippen LogP contribution in [-0.4, -0.2) is 36.7 Å². The second-order valence-corrected chi connectivity index (χ2v) is 8.91. The molecule has 0 saturated heterocycles. The van der Waals surface area contributed by atoms with Crippen LogP contribution in [0.2, 0.25) is 0 Å². The van der Waals surface area contributed by atoms with E-state index < -0.39 is 31.0 Å². The van der Waals surface area contributed by atoms with Gasteiger partial charge >= 0.3 is 0 Å². The average molecular weight is 380 g/mol. The molecule has 138 valence electrons. The van der Waals surface area contributed by atoms with Gasteiger partial charge in [0.25, 0.3) is 20.2 Å². The molecule has 2 unspecified atom stereocenters. The van der Waals surface area contributed by atoms with E-state index in [0.29, 0.717) is 18.5 Å². The van der Waals surface area contributed by atoms with E-state index in [2.05, 4.69) is 0 Å². The molecule has 0 aliphatic rings. The Labute approximate surface area is 144 Å². The Morgan fingerprint density at radius 3 is 1.75 bits per heavy atom. The third-order valence-corrected chi connectivity index (χ3v) is 5.98. The van der Waals surface area contributed by atoms with Gasteiger partial charge in [0, 0.05) is 5.69 Å². The topological polar surface area (TPSA) is 112 Å². The van der Waals surface area contributed by atoms with Gasteiger partial charge in [-0.25, -0.2) is 0 Å². The van der Waals surface area contributed by atoms with Crippen LogP contribution in [0.1, 0.15) is 45.1 Å². The first-order valence-corrected chi connectivity index (χ1v) is 10.8. The molecular formula is C15H25NO6S2. The van der Waals surface area contributed by atoms with Crippen molar-refractivity contribution in [3.8, 4) is 0 Å². The fraction of sp³-hybridized carbons (Fsp3) is 0.600. The Hall–Kier alpha value is -1.16. The van der Waals surface area contributed by atoms with Crippen molar-refractivity contribution >= 4 is 25.9 Å². The van der Waals surface area contributed by atoms with Crippen LogP contribution in [0.5, 0.6) is 0 Å². The Morgan fingerprint density at radius 1 is 0.958 bits per heavy atom. The molecule has 0 saturated carbocycles. The second-order valence-electron chi connectivity index (χ2n) is 5.76. The number of rotatable bonds is 9. The third-order valence-electron chi connectivity index (χ3n) is 3.68. The maximum Gasteiger partial charge on any atom is 0.286 e. The molecule has 2 N–H and O–H groups in total. The van der Waals surface area contributed by atoms with Gasteiger partial charge in [0.2, 0.25) is 0 Å². The number of aryl methyl sites for hydroxylation is 1.